The number of urea groups is 1. The van der Waals surface area contributed by atoms with Gasteiger partial charge < -0.3 is 14.7 Å². The highest BCUT2D eigenvalue weighted by molar-refractivity contribution is 6.22. The largest absolute Gasteiger partial charge is 0.486 e. The summed E-state index contributed by atoms with van der Waals surface area (Å²) in [7, 11) is 0. The molecule has 0 aromatic heterocycles. The number of carbonyl (C=O) groups excluding carboxylic acids is 2. The quantitative estimate of drug-likeness (QED) is 0.783. The van der Waals surface area contributed by atoms with Crippen molar-refractivity contribution in [1.29, 1.82) is 5.26 Å². The highest BCUT2D eigenvalue weighted by atomic mass is 16.5. The van der Waals surface area contributed by atoms with Gasteiger partial charge in [0.1, 0.15) is 23.5 Å². The van der Waals surface area contributed by atoms with Crippen molar-refractivity contribution in [3.05, 3.63) is 23.3 Å². The van der Waals surface area contributed by atoms with Crippen LogP contribution in [0.4, 0.5) is 10.5 Å². The Labute approximate surface area is 145 Å². The van der Waals surface area contributed by atoms with Gasteiger partial charge in [0.15, 0.2) is 0 Å². The number of rotatable bonds is 1. The van der Waals surface area contributed by atoms with Gasteiger partial charge in [-0.05, 0) is 45.2 Å². The van der Waals surface area contributed by atoms with Crippen molar-refractivity contribution in [3.63, 3.8) is 0 Å². The molecule has 0 unspecified atom stereocenters. The first-order valence-electron chi connectivity index (χ1n) is 8.42. The van der Waals surface area contributed by atoms with Crippen LogP contribution in [-0.4, -0.2) is 46.2 Å². The third kappa shape index (κ3) is 2.21. The van der Waals surface area contributed by atoms with Crippen LogP contribution in [0.1, 0.15) is 37.8 Å². The molecule has 0 aliphatic carbocycles. The lowest BCUT2D eigenvalue weighted by Crippen LogP contribution is -2.38. The number of amides is 3. The molecule has 1 aromatic rings. The smallest absolute Gasteiger partial charge is 0.332 e. The summed E-state index contributed by atoms with van der Waals surface area (Å²) >= 11 is 0. The summed E-state index contributed by atoms with van der Waals surface area (Å²) in [6.07, 6.45) is 0.912. The zero-order valence-electron chi connectivity index (χ0n) is 14.2. The minimum absolute atomic E-state index is 0.370. The number of fused-ring (bicyclic) bond motifs is 2. The summed E-state index contributed by atoms with van der Waals surface area (Å²) in [5.41, 5.74) is 1.15. The molecule has 2 fully saturated rings. The molecule has 3 aliphatic rings. The number of ether oxygens (including phenoxy) is 1. The highest BCUT2D eigenvalue weighted by Gasteiger charge is 2.53. The van der Waals surface area contributed by atoms with Crippen LogP contribution in [-0.2, 0) is 11.2 Å². The average Bonchev–Trinajstić information content (AvgIpc) is 3.06. The molecule has 0 bridgehead atoms. The second kappa shape index (κ2) is 5.20. The molecule has 4 rings (SSSR count). The van der Waals surface area contributed by atoms with Gasteiger partial charge in [0.2, 0.25) is 0 Å². The number of carbonyl (C=O) groups is 2. The fourth-order valence-corrected chi connectivity index (χ4v) is 3.89. The second-order valence-electron chi connectivity index (χ2n) is 7.36. The molecule has 7 heteroatoms. The topological polar surface area (TPSA) is 93.9 Å². The normalized spacial score (nSPS) is 27.0. The standard InChI is InChI=1S/C18H19N3O4/c1-18(2)7-5-11-12(4-3-10(9-19)15(11)25-18)21-16(23)14-13(22)6-8-20(14)17(21)24/h3-4,13-14,22H,5-8H2,1-2H3/t13-,14+/m1/s1. The minimum Gasteiger partial charge on any atom is -0.486 e. The summed E-state index contributed by atoms with van der Waals surface area (Å²) in [6.45, 7) is 4.26. The number of nitrogens with zero attached hydrogens (tertiary/aromatic N) is 3. The van der Waals surface area contributed by atoms with Crippen LogP contribution in [0, 0.1) is 11.3 Å². The number of anilines is 1. The minimum atomic E-state index is -0.828. The molecule has 3 heterocycles. The van der Waals surface area contributed by atoms with E-state index in [0.717, 1.165) is 4.90 Å². The maximum absolute atomic E-state index is 12.8. The predicted molar refractivity (Wildman–Crippen MR) is 88.2 cm³/mol. The van der Waals surface area contributed by atoms with Crippen molar-refractivity contribution >= 4 is 17.6 Å². The Morgan fingerprint density at radius 2 is 2.12 bits per heavy atom. The number of benzene rings is 1. The van der Waals surface area contributed by atoms with Crippen molar-refractivity contribution in [2.75, 3.05) is 11.4 Å². The molecule has 2 saturated heterocycles. The lowest BCUT2D eigenvalue weighted by atomic mass is 9.91. The van der Waals surface area contributed by atoms with Crippen molar-refractivity contribution in [1.82, 2.24) is 4.90 Å². The number of aliphatic hydroxyl groups is 1. The molecule has 130 valence electrons. The van der Waals surface area contributed by atoms with E-state index in [2.05, 4.69) is 6.07 Å². The summed E-state index contributed by atoms with van der Waals surface area (Å²) in [5, 5.41) is 19.4. The Hall–Kier alpha value is -2.59. The van der Waals surface area contributed by atoms with Gasteiger partial charge in [0.05, 0.1) is 17.4 Å². The van der Waals surface area contributed by atoms with E-state index in [9.17, 15) is 20.0 Å². The van der Waals surface area contributed by atoms with Crippen molar-refractivity contribution in [2.24, 2.45) is 0 Å². The summed E-state index contributed by atoms with van der Waals surface area (Å²) < 4.78 is 5.99. The summed E-state index contributed by atoms with van der Waals surface area (Å²) in [6, 6.07) is 4.10. The fourth-order valence-electron chi connectivity index (χ4n) is 3.89. The van der Waals surface area contributed by atoms with Crippen LogP contribution in [0.25, 0.3) is 0 Å². The van der Waals surface area contributed by atoms with Crippen LogP contribution in [0.15, 0.2) is 12.1 Å². The van der Waals surface area contributed by atoms with E-state index < -0.39 is 29.7 Å². The van der Waals surface area contributed by atoms with E-state index in [4.69, 9.17) is 4.74 Å². The molecule has 7 nitrogen and oxygen atoms in total. The average molecular weight is 341 g/mol. The van der Waals surface area contributed by atoms with Crippen LogP contribution < -0.4 is 9.64 Å². The van der Waals surface area contributed by atoms with E-state index >= 15 is 0 Å². The third-order valence-electron chi connectivity index (χ3n) is 5.23. The zero-order chi connectivity index (χ0) is 17.9. The van der Waals surface area contributed by atoms with E-state index in [1.807, 2.05) is 13.8 Å². The van der Waals surface area contributed by atoms with Crippen molar-refractivity contribution in [2.45, 2.75) is 50.9 Å². The van der Waals surface area contributed by atoms with E-state index in [1.165, 1.54) is 4.90 Å². The number of imide groups is 1. The Morgan fingerprint density at radius 1 is 1.36 bits per heavy atom. The number of hydrogen-bond acceptors (Lipinski definition) is 5. The first-order chi connectivity index (χ1) is 11.8. The van der Waals surface area contributed by atoms with Gasteiger partial charge in [-0.1, -0.05) is 0 Å². The summed E-state index contributed by atoms with van der Waals surface area (Å²) in [4.78, 5) is 28.1. The predicted octanol–water partition coefficient (Wildman–Crippen LogP) is 1.56. The van der Waals surface area contributed by atoms with Crippen molar-refractivity contribution < 1.29 is 19.4 Å². The monoisotopic (exact) mass is 341 g/mol. The van der Waals surface area contributed by atoms with Crippen LogP contribution in [0.2, 0.25) is 0 Å². The van der Waals surface area contributed by atoms with Crippen LogP contribution >= 0.6 is 0 Å². The Kier molecular flexibility index (Phi) is 3.31. The lowest BCUT2D eigenvalue weighted by molar-refractivity contribution is -0.121. The molecule has 1 N–H and O–H groups in total. The van der Waals surface area contributed by atoms with Gasteiger partial charge in [-0.2, -0.15) is 5.26 Å². The first kappa shape index (κ1) is 15.9. The Bertz CT molecular complexity index is 826. The molecule has 0 spiro atoms. The van der Waals surface area contributed by atoms with Gasteiger partial charge in [-0.3, -0.25) is 4.79 Å². The zero-order valence-corrected chi connectivity index (χ0v) is 14.2. The maximum Gasteiger partial charge on any atom is 0.332 e. The molecule has 25 heavy (non-hydrogen) atoms. The van der Waals surface area contributed by atoms with Crippen molar-refractivity contribution in [3.8, 4) is 11.8 Å². The number of hydrogen-bond donors (Lipinski definition) is 1. The number of aliphatic hydroxyl groups excluding tert-OH is 1. The first-order valence-corrected chi connectivity index (χ1v) is 8.42. The van der Waals surface area contributed by atoms with Gasteiger partial charge in [0.25, 0.3) is 5.91 Å². The molecule has 2 atom stereocenters. The highest BCUT2D eigenvalue weighted by Crippen LogP contribution is 2.43. The summed E-state index contributed by atoms with van der Waals surface area (Å²) in [5.74, 6) is 0.0381. The molecule has 0 radical (unpaired) electrons. The molecule has 3 aliphatic heterocycles. The van der Waals surface area contributed by atoms with Gasteiger partial charge in [0, 0.05) is 12.1 Å². The van der Waals surface area contributed by atoms with E-state index in [0.29, 0.717) is 48.4 Å². The van der Waals surface area contributed by atoms with Crippen LogP contribution in [0.5, 0.6) is 5.75 Å². The SMILES string of the molecule is CC1(C)CCc2c(N3C(=O)[C@@H]4[C@H](O)CCN4C3=O)ccc(C#N)c2O1. The van der Waals surface area contributed by atoms with Gasteiger partial charge >= 0.3 is 6.03 Å². The van der Waals surface area contributed by atoms with E-state index in [-0.39, 0.29) is 0 Å². The lowest BCUT2D eigenvalue weighted by Gasteiger charge is -2.34. The maximum atomic E-state index is 12.8. The molecule has 0 saturated carbocycles. The van der Waals surface area contributed by atoms with E-state index in [1.54, 1.807) is 12.1 Å². The van der Waals surface area contributed by atoms with Gasteiger partial charge in [-0.25, -0.2) is 9.69 Å². The Balaban J connectivity index is 1.81. The second-order valence-corrected chi connectivity index (χ2v) is 7.36. The Morgan fingerprint density at radius 3 is 2.80 bits per heavy atom. The van der Waals surface area contributed by atoms with Crippen LogP contribution in [0.3, 0.4) is 0 Å². The molecular formula is C18H19N3O4. The number of nitriles is 1. The third-order valence-corrected chi connectivity index (χ3v) is 5.23. The molecule has 3 amide bonds. The fraction of sp³-hybridized carbons (Fsp3) is 0.500. The van der Waals surface area contributed by atoms with Gasteiger partial charge in [-0.15, -0.1) is 0 Å². The molecule has 1 aromatic carbocycles. The molecular weight excluding hydrogens is 322 g/mol.